The quantitative estimate of drug-likeness (QED) is 0.707. The van der Waals surface area contributed by atoms with Crippen LogP contribution in [0, 0.1) is 0 Å². The van der Waals surface area contributed by atoms with Crippen LogP contribution in [0.1, 0.15) is 19.8 Å². The highest BCUT2D eigenvalue weighted by Crippen LogP contribution is 2.00. The third-order valence-corrected chi connectivity index (χ3v) is 2.25. The van der Waals surface area contributed by atoms with Crippen LogP contribution in [-0.4, -0.2) is 28.6 Å². The van der Waals surface area contributed by atoms with Crippen LogP contribution >= 0.6 is 0 Å². The van der Waals surface area contributed by atoms with Crippen LogP contribution in [0.4, 0.5) is 8.78 Å². The Morgan fingerprint density at radius 3 is 2.80 bits per heavy atom. The minimum absolute atomic E-state index is 0.639. The number of aryl methyl sites for hydroxylation is 1. The lowest BCUT2D eigenvalue weighted by atomic mass is 10.3. The summed E-state index contributed by atoms with van der Waals surface area (Å²) in [7, 11) is 0. The van der Waals surface area contributed by atoms with Gasteiger partial charge in [-0.15, -0.1) is 0 Å². The highest BCUT2D eigenvalue weighted by atomic mass is 19.3. The van der Waals surface area contributed by atoms with Crippen molar-refractivity contribution in [2.24, 2.45) is 0 Å². The van der Waals surface area contributed by atoms with Crippen molar-refractivity contribution in [2.45, 2.75) is 38.8 Å². The molecule has 0 aliphatic carbocycles. The zero-order chi connectivity index (χ0) is 11.1. The Balaban J connectivity index is 1.98. The molecule has 86 valence electrons. The van der Waals surface area contributed by atoms with Crippen molar-refractivity contribution in [3.63, 3.8) is 0 Å². The molecule has 0 aliphatic rings. The van der Waals surface area contributed by atoms with E-state index >= 15 is 0 Å². The molecule has 0 spiro atoms. The number of nitrogens with zero attached hydrogens (tertiary/aromatic N) is 2. The largest absolute Gasteiger partial charge is 0.337 e. The molecule has 15 heavy (non-hydrogen) atoms. The molecule has 0 aliphatic heterocycles. The predicted molar refractivity (Wildman–Crippen MR) is 54.9 cm³/mol. The lowest BCUT2D eigenvalue weighted by Crippen LogP contribution is -2.33. The van der Waals surface area contributed by atoms with Crippen LogP contribution in [-0.2, 0) is 6.54 Å². The van der Waals surface area contributed by atoms with Crippen LogP contribution in [0.5, 0.6) is 0 Å². The van der Waals surface area contributed by atoms with Gasteiger partial charge in [-0.3, -0.25) is 0 Å². The summed E-state index contributed by atoms with van der Waals surface area (Å²) in [5, 5.41) is 2.79. The zero-order valence-corrected chi connectivity index (χ0v) is 8.87. The molecule has 1 aromatic rings. The molecule has 0 aromatic carbocycles. The van der Waals surface area contributed by atoms with E-state index in [1.807, 2.05) is 10.8 Å². The van der Waals surface area contributed by atoms with Crippen LogP contribution < -0.4 is 5.32 Å². The first kappa shape index (κ1) is 12.1. The first-order valence-corrected chi connectivity index (χ1v) is 5.17. The highest BCUT2D eigenvalue weighted by molar-refractivity contribution is 4.73. The number of imidazole rings is 1. The Labute approximate surface area is 88.5 Å². The molecule has 0 radical (unpaired) electrons. The number of aromatic nitrogens is 2. The molecule has 1 N–H and O–H groups in total. The summed E-state index contributed by atoms with van der Waals surface area (Å²) in [6.07, 6.45) is 4.98. The standard InChI is InChI=1S/C10H17F2N3/c1-9(10(11)12)14-4-2-3-6-15-7-5-13-8-15/h5,7-10,14H,2-4,6H2,1H3. The minimum atomic E-state index is -2.28. The smallest absolute Gasteiger partial charge is 0.253 e. The van der Waals surface area contributed by atoms with Gasteiger partial charge in [0.2, 0.25) is 0 Å². The fourth-order valence-corrected chi connectivity index (χ4v) is 1.26. The van der Waals surface area contributed by atoms with Crippen LogP contribution in [0.15, 0.2) is 18.7 Å². The van der Waals surface area contributed by atoms with E-state index in [0.717, 1.165) is 19.4 Å². The van der Waals surface area contributed by atoms with Crippen LogP contribution in [0.2, 0.25) is 0 Å². The van der Waals surface area contributed by atoms with E-state index in [0.29, 0.717) is 6.54 Å². The topological polar surface area (TPSA) is 29.9 Å². The normalized spacial score (nSPS) is 13.3. The van der Waals surface area contributed by atoms with E-state index in [1.165, 1.54) is 6.92 Å². The van der Waals surface area contributed by atoms with Gasteiger partial charge in [0.1, 0.15) is 0 Å². The van der Waals surface area contributed by atoms with Crippen molar-refractivity contribution in [3.05, 3.63) is 18.7 Å². The molecule has 0 bridgehead atoms. The number of halogens is 2. The fraction of sp³-hybridized carbons (Fsp3) is 0.700. The predicted octanol–water partition coefficient (Wildman–Crippen LogP) is 1.91. The summed E-state index contributed by atoms with van der Waals surface area (Å²) in [6, 6.07) is -0.710. The number of alkyl halides is 2. The lowest BCUT2D eigenvalue weighted by molar-refractivity contribution is 0.106. The lowest BCUT2D eigenvalue weighted by Gasteiger charge is -2.12. The van der Waals surface area contributed by atoms with E-state index in [1.54, 1.807) is 12.5 Å². The third kappa shape index (κ3) is 4.88. The van der Waals surface area contributed by atoms with Gasteiger partial charge in [-0.25, -0.2) is 13.8 Å². The van der Waals surface area contributed by atoms with Gasteiger partial charge in [-0.05, 0) is 26.3 Å². The average Bonchev–Trinajstić information content (AvgIpc) is 2.69. The van der Waals surface area contributed by atoms with E-state index in [-0.39, 0.29) is 0 Å². The second-order valence-electron chi connectivity index (χ2n) is 3.58. The summed E-state index contributed by atoms with van der Waals surface area (Å²) in [5.41, 5.74) is 0. The second kappa shape index (κ2) is 6.50. The number of nitrogens with one attached hydrogen (secondary N) is 1. The van der Waals surface area contributed by atoms with Gasteiger partial charge in [-0.2, -0.15) is 0 Å². The monoisotopic (exact) mass is 217 g/mol. The van der Waals surface area contributed by atoms with Gasteiger partial charge < -0.3 is 9.88 Å². The molecule has 1 rings (SSSR count). The SMILES string of the molecule is CC(NCCCCn1ccnc1)C(F)F. The molecule has 0 saturated carbocycles. The maximum Gasteiger partial charge on any atom is 0.253 e. The molecule has 0 fully saturated rings. The Morgan fingerprint density at radius 1 is 1.40 bits per heavy atom. The van der Waals surface area contributed by atoms with E-state index < -0.39 is 12.5 Å². The number of rotatable bonds is 7. The van der Waals surface area contributed by atoms with Crippen LogP contribution in [0.3, 0.4) is 0 Å². The van der Waals surface area contributed by atoms with Crippen molar-refractivity contribution >= 4 is 0 Å². The summed E-state index contributed by atoms with van der Waals surface area (Å²) < 4.78 is 26.2. The van der Waals surface area contributed by atoms with Crippen molar-refractivity contribution < 1.29 is 8.78 Å². The molecule has 1 heterocycles. The number of unbranched alkanes of at least 4 members (excludes halogenated alkanes) is 1. The molecular weight excluding hydrogens is 200 g/mol. The summed E-state index contributed by atoms with van der Waals surface area (Å²) in [6.45, 7) is 3.03. The first-order valence-electron chi connectivity index (χ1n) is 5.17. The maximum absolute atomic E-state index is 12.1. The molecule has 3 nitrogen and oxygen atoms in total. The van der Waals surface area contributed by atoms with Crippen molar-refractivity contribution in [1.29, 1.82) is 0 Å². The van der Waals surface area contributed by atoms with Gasteiger partial charge in [-0.1, -0.05) is 0 Å². The molecule has 1 unspecified atom stereocenters. The van der Waals surface area contributed by atoms with Gasteiger partial charge in [0.25, 0.3) is 6.43 Å². The summed E-state index contributed by atoms with van der Waals surface area (Å²) >= 11 is 0. The number of hydrogen-bond donors (Lipinski definition) is 1. The third-order valence-electron chi connectivity index (χ3n) is 2.25. The van der Waals surface area contributed by atoms with Crippen molar-refractivity contribution in [2.75, 3.05) is 6.54 Å². The first-order chi connectivity index (χ1) is 7.20. The van der Waals surface area contributed by atoms with Gasteiger partial charge >= 0.3 is 0 Å². The Kier molecular flexibility index (Phi) is 5.25. The Bertz CT molecular complexity index is 249. The van der Waals surface area contributed by atoms with Gasteiger partial charge in [0, 0.05) is 18.9 Å². The second-order valence-corrected chi connectivity index (χ2v) is 3.58. The van der Waals surface area contributed by atoms with Gasteiger partial charge in [0.05, 0.1) is 12.4 Å². The maximum atomic E-state index is 12.1. The Morgan fingerprint density at radius 2 is 2.20 bits per heavy atom. The zero-order valence-electron chi connectivity index (χ0n) is 8.87. The molecule has 0 amide bonds. The molecule has 1 atom stereocenters. The summed E-state index contributed by atoms with van der Waals surface area (Å²) in [4.78, 5) is 3.92. The summed E-state index contributed by atoms with van der Waals surface area (Å²) in [5.74, 6) is 0. The van der Waals surface area contributed by atoms with Crippen molar-refractivity contribution in [1.82, 2.24) is 14.9 Å². The van der Waals surface area contributed by atoms with Crippen molar-refractivity contribution in [3.8, 4) is 0 Å². The fourth-order valence-electron chi connectivity index (χ4n) is 1.26. The molecular formula is C10H17F2N3. The van der Waals surface area contributed by atoms with E-state index in [4.69, 9.17) is 0 Å². The average molecular weight is 217 g/mol. The Hall–Kier alpha value is -0.970. The molecule has 1 aromatic heterocycles. The number of hydrogen-bond acceptors (Lipinski definition) is 2. The highest BCUT2D eigenvalue weighted by Gasteiger charge is 2.12. The van der Waals surface area contributed by atoms with Crippen LogP contribution in [0.25, 0.3) is 0 Å². The van der Waals surface area contributed by atoms with Gasteiger partial charge in [0.15, 0.2) is 0 Å². The minimum Gasteiger partial charge on any atom is -0.337 e. The van der Waals surface area contributed by atoms with E-state index in [2.05, 4.69) is 10.3 Å². The molecule has 5 heteroatoms. The van der Waals surface area contributed by atoms with E-state index in [9.17, 15) is 8.78 Å². The molecule has 0 saturated heterocycles.